The summed E-state index contributed by atoms with van der Waals surface area (Å²) in [6.07, 6.45) is 3.29. The predicted molar refractivity (Wildman–Crippen MR) is 85.1 cm³/mol. The van der Waals surface area contributed by atoms with Crippen LogP contribution in [0.15, 0.2) is 30.3 Å². The number of carbonyl (C=O) groups excluding carboxylic acids is 1. The Balaban J connectivity index is 1.83. The molecule has 1 N–H and O–H groups in total. The Labute approximate surface area is 135 Å². The van der Waals surface area contributed by atoms with Crippen LogP contribution in [-0.4, -0.2) is 26.3 Å². The molecule has 1 unspecified atom stereocenters. The van der Waals surface area contributed by atoms with Crippen molar-refractivity contribution < 1.29 is 17.9 Å². The van der Waals surface area contributed by atoms with E-state index in [0.29, 0.717) is 12.3 Å². The second-order valence-corrected chi connectivity index (χ2v) is 8.46. The van der Waals surface area contributed by atoms with Gasteiger partial charge in [-0.25, -0.2) is 13.2 Å². The van der Waals surface area contributed by atoms with Crippen LogP contribution in [0.3, 0.4) is 0 Å². The van der Waals surface area contributed by atoms with Gasteiger partial charge in [0.25, 0.3) is 0 Å². The number of alkyl carbamates (subject to hydrolysis) is 1. The van der Waals surface area contributed by atoms with Gasteiger partial charge in [-0.15, -0.1) is 0 Å². The Hall–Kier alpha value is -1.27. The highest BCUT2D eigenvalue weighted by Crippen LogP contribution is 2.30. The lowest BCUT2D eigenvalue weighted by Crippen LogP contribution is -2.41. The largest absolute Gasteiger partial charge is 0.445 e. The number of rotatable bonds is 7. The Morgan fingerprint density at radius 2 is 2.00 bits per heavy atom. The van der Waals surface area contributed by atoms with Crippen LogP contribution < -0.4 is 5.32 Å². The van der Waals surface area contributed by atoms with E-state index < -0.39 is 21.2 Å². The van der Waals surface area contributed by atoms with Gasteiger partial charge >= 0.3 is 6.09 Å². The van der Waals surface area contributed by atoms with Gasteiger partial charge in [-0.2, -0.15) is 0 Å². The molecule has 1 saturated carbocycles. The van der Waals surface area contributed by atoms with Crippen LogP contribution in [0.2, 0.25) is 0 Å². The molecule has 1 aromatic carbocycles. The summed E-state index contributed by atoms with van der Waals surface area (Å²) < 4.78 is 27.6. The van der Waals surface area contributed by atoms with Crippen LogP contribution in [0.25, 0.3) is 0 Å². The molecule has 0 aliphatic heterocycles. The number of benzene rings is 1. The molecule has 122 valence electrons. The van der Waals surface area contributed by atoms with Gasteiger partial charge in [0.1, 0.15) is 6.61 Å². The van der Waals surface area contributed by atoms with E-state index in [1.807, 2.05) is 30.3 Å². The van der Waals surface area contributed by atoms with E-state index in [4.69, 9.17) is 15.4 Å². The number of hydrogen-bond acceptors (Lipinski definition) is 4. The van der Waals surface area contributed by atoms with Gasteiger partial charge < -0.3 is 10.1 Å². The average molecular weight is 346 g/mol. The molecule has 0 aromatic heterocycles. The quantitative estimate of drug-likeness (QED) is 0.771. The highest BCUT2D eigenvalue weighted by molar-refractivity contribution is 8.13. The van der Waals surface area contributed by atoms with Crippen molar-refractivity contribution in [2.45, 2.75) is 38.3 Å². The van der Waals surface area contributed by atoms with E-state index in [0.717, 1.165) is 24.8 Å². The van der Waals surface area contributed by atoms with Gasteiger partial charge in [0.15, 0.2) is 0 Å². The normalized spacial score (nSPS) is 16.6. The standard InChI is InChI=1S/C15H20ClNO4S/c16-22(19,20)11-14(9-12-7-4-8-12)17-15(18)21-10-13-5-2-1-3-6-13/h1-3,5-6,12,14H,4,7-11H2,(H,17,18). The smallest absolute Gasteiger partial charge is 0.407 e. The molecule has 1 aliphatic rings. The molecule has 1 atom stereocenters. The van der Waals surface area contributed by atoms with Crippen LogP contribution >= 0.6 is 10.7 Å². The summed E-state index contributed by atoms with van der Waals surface area (Å²) in [5.74, 6) is 0.184. The molecular weight excluding hydrogens is 326 g/mol. The van der Waals surface area contributed by atoms with E-state index in [1.54, 1.807) is 0 Å². The zero-order chi connectivity index (χ0) is 16.0. The van der Waals surface area contributed by atoms with Crippen LogP contribution in [0.1, 0.15) is 31.2 Å². The minimum absolute atomic E-state index is 0.149. The van der Waals surface area contributed by atoms with Gasteiger partial charge in [0.2, 0.25) is 9.05 Å². The molecule has 0 radical (unpaired) electrons. The third-order valence-corrected chi connectivity index (χ3v) is 4.96. The van der Waals surface area contributed by atoms with Crippen molar-refractivity contribution in [1.29, 1.82) is 0 Å². The van der Waals surface area contributed by atoms with Gasteiger partial charge in [0.05, 0.1) is 5.75 Å². The number of hydrogen-bond donors (Lipinski definition) is 1. The molecule has 5 nitrogen and oxygen atoms in total. The number of nitrogens with one attached hydrogen (secondary N) is 1. The lowest BCUT2D eigenvalue weighted by molar-refractivity contribution is 0.133. The van der Waals surface area contributed by atoms with Crippen molar-refractivity contribution in [1.82, 2.24) is 5.32 Å². The summed E-state index contributed by atoms with van der Waals surface area (Å²) in [6.45, 7) is 0.149. The highest BCUT2D eigenvalue weighted by atomic mass is 35.7. The Kier molecular flexibility index (Phi) is 6.08. The fourth-order valence-corrected chi connectivity index (χ4v) is 3.63. The minimum Gasteiger partial charge on any atom is -0.445 e. The summed E-state index contributed by atoms with van der Waals surface area (Å²) in [6, 6.07) is 8.79. The maximum Gasteiger partial charge on any atom is 0.407 e. The Bertz CT molecular complexity index is 587. The van der Waals surface area contributed by atoms with E-state index in [-0.39, 0.29) is 12.4 Å². The molecule has 0 spiro atoms. The molecular formula is C15H20ClNO4S. The first kappa shape index (κ1) is 17.1. The van der Waals surface area contributed by atoms with Crippen molar-refractivity contribution >= 4 is 25.8 Å². The number of amides is 1. The number of ether oxygens (including phenoxy) is 1. The second kappa shape index (κ2) is 7.83. The lowest BCUT2D eigenvalue weighted by Gasteiger charge is -2.29. The SMILES string of the molecule is O=C(NC(CC1CCC1)CS(=O)(=O)Cl)OCc1ccccc1. The first-order chi connectivity index (χ1) is 10.4. The molecule has 22 heavy (non-hydrogen) atoms. The van der Waals surface area contributed by atoms with E-state index in [1.165, 1.54) is 0 Å². The van der Waals surface area contributed by atoms with Crippen molar-refractivity contribution in [2.24, 2.45) is 5.92 Å². The third-order valence-electron chi connectivity index (χ3n) is 3.78. The Morgan fingerprint density at radius 1 is 1.32 bits per heavy atom. The van der Waals surface area contributed by atoms with Crippen LogP contribution in [0, 0.1) is 5.92 Å². The first-order valence-corrected chi connectivity index (χ1v) is 9.80. The molecule has 1 aromatic rings. The lowest BCUT2D eigenvalue weighted by atomic mass is 9.81. The zero-order valence-corrected chi connectivity index (χ0v) is 13.8. The maximum absolute atomic E-state index is 11.8. The summed E-state index contributed by atoms with van der Waals surface area (Å²) in [5, 5.41) is 2.62. The van der Waals surface area contributed by atoms with E-state index >= 15 is 0 Å². The number of carbonyl (C=O) groups is 1. The second-order valence-electron chi connectivity index (χ2n) is 5.64. The van der Waals surface area contributed by atoms with Crippen LogP contribution in [-0.2, 0) is 20.4 Å². The molecule has 0 bridgehead atoms. The van der Waals surface area contributed by atoms with E-state index in [2.05, 4.69) is 5.32 Å². The number of halogens is 1. The summed E-state index contributed by atoms with van der Waals surface area (Å²) >= 11 is 0. The average Bonchev–Trinajstić information content (AvgIpc) is 2.40. The molecule has 1 aliphatic carbocycles. The van der Waals surface area contributed by atoms with Gasteiger partial charge in [0, 0.05) is 16.7 Å². The minimum atomic E-state index is -3.66. The molecule has 1 fully saturated rings. The highest BCUT2D eigenvalue weighted by Gasteiger charge is 2.26. The monoisotopic (exact) mass is 345 g/mol. The van der Waals surface area contributed by atoms with Gasteiger partial charge in [-0.05, 0) is 17.9 Å². The van der Waals surface area contributed by atoms with Gasteiger partial charge in [-0.3, -0.25) is 0 Å². The fourth-order valence-electron chi connectivity index (χ4n) is 2.47. The predicted octanol–water partition coefficient (Wildman–Crippen LogP) is 3.04. The van der Waals surface area contributed by atoms with Crippen molar-refractivity contribution in [2.75, 3.05) is 5.75 Å². The maximum atomic E-state index is 11.8. The van der Waals surface area contributed by atoms with E-state index in [9.17, 15) is 13.2 Å². The third kappa shape index (κ3) is 6.23. The molecule has 2 rings (SSSR count). The van der Waals surface area contributed by atoms with Crippen molar-refractivity contribution in [3.05, 3.63) is 35.9 Å². The van der Waals surface area contributed by atoms with Crippen molar-refractivity contribution in [3.63, 3.8) is 0 Å². The fraction of sp³-hybridized carbons (Fsp3) is 0.533. The topological polar surface area (TPSA) is 72.5 Å². The van der Waals surface area contributed by atoms with Crippen LogP contribution in [0.4, 0.5) is 4.79 Å². The molecule has 1 amide bonds. The summed E-state index contributed by atoms with van der Waals surface area (Å²) in [4.78, 5) is 11.8. The molecule has 7 heteroatoms. The van der Waals surface area contributed by atoms with Gasteiger partial charge in [-0.1, -0.05) is 49.6 Å². The summed E-state index contributed by atoms with van der Waals surface area (Å²) in [7, 11) is 1.65. The Morgan fingerprint density at radius 3 is 2.55 bits per heavy atom. The zero-order valence-electron chi connectivity index (χ0n) is 12.2. The van der Waals surface area contributed by atoms with Crippen LogP contribution in [0.5, 0.6) is 0 Å². The molecule has 0 saturated heterocycles. The first-order valence-electron chi connectivity index (χ1n) is 7.32. The summed E-state index contributed by atoms with van der Waals surface area (Å²) in [5.41, 5.74) is 0.873. The van der Waals surface area contributed by atoms with Crippen molar-refractivity contribution in [3.8, 4) is 0 Å². The molecule has 0 heterocycles.